The number of aromatic nitrogens is 3. The number of hydrogen-bond acceptors (Lipinski definition) is 4. The summed E-state index contributed by atoms with van der Waals surface area (Å²) in [6.07, 6.45) is 5.84. The van der Waals surface area contributed by atoms with E-state index in [1.807, 2.05) is 6.92 Å². The topological polar surface area (TPSA) is 57.0 Å². The van der Waals surface area contributed by atoms with Crippen molar-refractivity contribution in [3.05, 3.63) is 12.2 Å². The van der Waals surface area contributed by atoms with Gasteiger partial charge in [0.05, 0.1) is 12.5 Å². The standard InChI is InChI=1S/C12H19N3O2/c1-2-15-12(13-9-14-15)8-10(16)5-6-11-4-3-7-17-11/h9,11H,2-8H2,1H3. The maximum absolute atomic E-state index is 11.8. The van der Waals surface area contributed by atoms with Gasteiger partial charge in [-0.05, 0) is 26.2 Å². The molecule has 0 aromatic carbocycles. The van der Waals surface area contributed by atoms with E-state index >= 15 is 0 Å². The number of carbonyl (C=O) groups excluding carboxylic acids is 1. The van der Waals surface area contributed by atoms with Crippen LogP contribution >= 0.6 is 0 Å². The Balaban J connectivity index is 1.76. The number of Topliss-reactive ketones (excluding diaryl/α,β-unsaturated/α-hetero) is 1. The van der Waals surface area contributed by atoms with E-state index in [2.05, 4.69) is 10.1 Å². The molecule has 0 saturated carbocycles. The molecule has 5 heteroatoms. The van der Waals surface area contributed by atoms with Gasteiger partial charge in [-0.15, -0.1) is 0 Å². The molecule has 1 aliphatic heterocycles. The number of nitrogens with zero attached hydrogens (tertiary/aromatic N) is 3. The Morgan fingerprint density at radius 1 is 1.65 bits per heavy atom. The van der Waals surface area contributed by atoms with Crippen LogP contribution in [0.15, 0.2) is 6.33 Å². The number of hydrogen-bond donors (Lipinski definition) is 0. The smallest absolute Gasteiger partial charge is 0.140 e. The molecule has 1 aromatic rings. The lowest BCUT2D eigenvalue weighted by Crippen LogP contribution is -2.13. The van der Waals surface area contributed by atoms with E-state index < -0.39 is 0 Å². The largest absolute Gasteiger partial charge is 0.378 e. The lowest BCUT2D eigenvalue weighted by Gasteiger charge is -2.08. The van der Waals surface area contributed by atoms with E-state index in [0.717, 1.165) is 38.2 Å². The zero-order chi connectivity index (χ0) is 12.1. The molecular formula is C12H19N3O2. The predicted octanol–water partition coefficient (Wildman–Crippen LogP) is 1.37. The third-order valence-electron chi connectivity index (χ3n) is 3.12. The van der Waals surface area contributed by atoms with E-state index in [-0.39, 0.29) is 5.78 Å². The van der Waals surface area contributed by atoms with Crippen molar-refractivity contribution in [1.29, 1.82) is 0 Å². The van der Waals surface area contributed by atoms with Crippen molar-refractivity contribution in [2.45, 2.75) is 51.7 Å². The summed E-state index contributed by atoms with van der Waals surface area (Å²) >= 11 is 0. The van der Waals surface area contributed by atoms with Crippen LogP contribution in [0, 0.1) is 0 Å². The van der Waals surface area contributed by atoms with Gasteiger partial charge in [0.25, 0.3) is 0 Å². The summed E-state index contributed by atoms with van der Waals surface area (Å²) in [5, 5.41) is 4.05. The Bertz CT molecular complexity index is 370. The molecule has 0 bridgehead atoms. The molecule has 1 fully saturated rings. The fourth-order valence-corrected chi connectivity index (χ4v) is 2.15. The average Bonchev–Trinajstić information content (AvgIpc) is 2.97. The fourth-order valence-electron chi connectivity index (χ4n) is 2.15. The van der Waals surface area contributed by atoms with Gasteiger partial charge in [0, 0.05) is 19.6 Å². The van der Waals surface area contributed by atoms with Crippen LogP contribution in [0.1, 0.15) is 38.4 Å². The summed E-state index contributed by atoms with van der Waals surface area (Å²) in [5.41, 5.74) is 0. The molecule has 94 valence electrons. The second-order valence-electron chi connectivity index (χ2n) is 4.38. The lowest BCUT2D eigenvalue weighted by atomic mass is 10.1. The van der Waals surface area contributed by atoms with E-state index in [1.165, 1.54) is 6.33 Å². The molecule has 0 N–H and O–H groups in total. The first kappa shape index (κ1) is 12.2. The summed E-state index contributed by atoms with van der Waals surface area (Å²) in [5.74, 6) is 0.994. The third-order valence-corrected chi connectivity index (χ3v) is 3.12. The fraction of sp³-hybridized carbons (Fsp3) is 0.750. The Hall–Kier alpha value is -1.23. The van der Waals surface area contributed by atoms with Gasteiger partial charge >= 0.3 is 0 Å². The normalized spacial score (nSPS) is 19.7. The molecule has 1 unspecified atom stereocenters. The minimum atomic E-state index is 0.225. The van der Waals surface area contributed by atoms with Crippen molar-refractivity contribution in [2.24, 2.45) is 0 Å². The van der Waals surface area contributed by atoms with Crippen molar-refractivity contribution in [1.82, 2.24) is 14.8 Å². The Kier molecular flexibility index (Phi) is 4.25. The Labute approximate surface area is 101 Å². The van der Waals surface area contributed by atoms with Crippen molar-refractivity contribution < 1.29 is 9.53 Å². The van der Waals surface area contributed by atoms with Crippen LogP contribution in [-0.4, -0.2) is 33.3 Å². The summed E-state index contributed by atoms with van der Waals surface area (Å²) < 4.78 is 7.27. The molecule has 1 atom stereocenters. The molecule has 2 heterocycles. The first-order chi connectivity index (χ1) is 8.29. The molecular weight excluding hydrogens is 218 g/mol. The Morgan fingerprint density at radius 3 is 3.24 bits per heavy atom. The molecule has 0 amide bonds. The van der Waals surface area contributed by atoms with Crippen molar-refractivity contribution in [2.75, 3.05) is 6.61 Å². The molecule has 0 spiro atoms. The molecule has 1 aliphatic rings. The van der Waals surface area contributed by atoms with Crippen molar-refractivity contribution >= 4 is 5.78 Å². The maximum atomic E-state index is 11.8. The third kappa shape index (κ3) is 3.36. The van der Waals surface area contributed by atoms with Gasteiger partial charge in [0.15, 0.2) is 0 Å². The van der Waals surface area contributed by atoms with Crippen LogP contribution in [-0.2, 0) is 22.5 Å². The van der Waals surface area contributed by atoms with E-state index in [0.29, 0.717) is 18.9 Å². The first-order valence-electron chi connectivity index (χ1n) is 6.29. The van der Waals surface area contributed by atoms with Gasteiger partial charge < -0.3 is 4.74 Å². The molecule has 0 aliphatic carbocycles. The van der Waals surface area contributed by atoms with Crippen LogP contribution in [0.2, 0.25) is 0 Å². The first-order valence-corrected chi connectivity index (χ1v) is 6.29. The molecule has 1 saturated heterocycles. The summed E-state index contributed by atoms with van der Waals surface area (Å²) in [7, 11) is 0. The molecule has 17 heavy (non-hydrogen) atoms. The quantitative estimate of drug-likeness (QED) is 0.749. The maximum Gasteiger partial charge on any atom is 0.140 e. The summed E-state index contributed by atoms with van der Waals surface area (Å²) in [4.78, 5) is 15.9. The van der Waals surface area contributed by atoms with Crippen LogP contribution in [0.5, 0.6) is 0 Å². The van der Waals surface area contributed by atoms with Crippen LogP contribution in [0.25, 0.3) is 0 Å². The van der Waals surface area contributed by atoms with Gasteiger partial charge in [0.2, 0.25) is 0 Å². The van der Waals surface area contributed by atoms with Crippen molar-refractivity contribution in [3.63, 3.8) is 0 Å². The van der Waals surface area contributed by atoms with Crippen LogP contribution in [0.3, 0.4) is 0 Å². The second-order valence-corrected chi connectivity index (χ2v) is 4.38. The Morgan fingerprint density at radius 2 is 2.53 bits per heavy atom. The average molecular weight is 237 g/mol. The van der Waals surface area contributed by atoms with Gasteiger partial charge in [-0.1, -0.05) is 0 Å². The molecule has 5 nitrogen and oxygen atoms in total. The zero-order valence-corrected chi connectivity index (χ0v) is 10.3. The van der Waals surface area contributed by atoms with E-state index in [9.17, 15) is 4.79 Å². The minimum absolute atomic E-state index is 0.225. The lowest BCUT2D eigenvalue weighted by molar-refractivity contribution is -0.119. The monoisotopic (exact) mass is 237 g/mol. The van der Waals surface area contributed by atoms with Crippen LogP contribution < -0.4 is 0 Å². The van der Waals surface area contributed by atoms with E-state index in [1.54, 1.807) is 4.68 Å². The highest BCUT2D eigenvalue weighted by atomic mass is 16.5. The van der Waals surface area contributed by atoms with Gasteiger partial charge in [-0.25, -0.2) is 9.67 Å². The highest BCUT2D eigenvalue weighted by Gasteiger charge is 2.17. The number of carbonyl (C=O) groups is 1. The van der Waals surface area contributed by atoms with E-state index in [4.69, 9.17) is 4.74 Å². The van der Waals surface area contributed by atoms with Crippen LogP contribution in [0.4, 0.5) is 0 Å². The number of ether oxygens (including phenoxy) is 1. The number of rotatable bonds is 6. The summed E-state index contributed by atoms with van der Waals surface area (Å²) in [6.45, 7) is 3.60. The SMILES string of the molecule is CCn1ncnc1CC(=O)CCC1CCCO1. The molecule has 1 aromatic heterocycles. The zero-order valence-electron chi connectivity index (χ0n) is 10.3. The van der Waals surface area contributed by atoms with Crippen molar-refractivity contribution in [3.8, 4) is 0 Å². The molecule has 0 radical (unpaired) electrons. The minimum Gasteiger partial charge on any atom is -0.378 e. The summed E-state index contributed by atoms with van der Waals surface area (Å²) in [6, 6.07) is 0. The number of aryl methyl sites for hydroxylation is 1. The predicted molar refractivity (Wildman–Crippen MR) is 62.6 cm³/mol. The van der Waals surface area contributed by atoms with Gasteiger partial charge in [-0.3, -0.25) is 4.79 Å². The molecule has 2 rings (SSSR count). The van der Waals surface area contributed by atoms with Gasteiger partial charge in [-0.2, -0.15) is 5.10 Å². The number of ketones is 1. The second kappa shape index (κ2) is 5.91. The highest BCUT2D eigenvalue weighted by Crippen LogP contribution is 2.17. The van der Waals surface area contributed by atoms with Gasteiger partial charge in [0.1, 0.15) is 17.9 Å². The highest BCUT2D eigenvalue weighted by molar-refractivity contribution is 5.80.